The van der Waals surface area contributed by atoms with E-state index in [2.05, 4.69) is 0 Å². The maximum absolute atomic E-state index is 13.0. The quantitative estimate of drug-likeness (QED) is 0.549. The van der Waals surface area contributed by atoms with Crippen LogP contribution in [0.15, 0.2) is 70.0 Å². The summed E-state index contributed by atoms with van der Waals surface area (Å²) in [5, 5.41) is -0.397. The highest BCUT2D eigenvalue weighted by Gasteiger charge is 2.35. The van der Waals surface area contributed by atoms with Gasteiger partial charge in [0.25, 0.3) is 11.1 Å². The topological polar surface area (TPSA) is 50.5 Å². The molecule has 1 aromatic heterocycles. The molecule has 0 atom stereocenters. The van der Waals surface area contributed by atoms with E-state index >= 15 is 0 Å². The van der Waals surface area contributed by atoms with Gasteiger partial charge in [0.05, 0.1) is 11.4 Å². The van der Waals surface area contributed by atoms with E-state index in [4.69, 9.17) is 4.42 Å². The van der Waals surface area contributed by atoms with Gasteiger partial charge in [-0.05, 0) is 65.9 Å². The Kier molecular flexibility index (Phi) is 4.83. The van der Waals surface area contributed by atoms with Crippen LogP contribution in [0.2, 0.25) is 0 Å². The minimum atomic E-state index is -0.431. The fourth-order valence-electron chi connectivity index (χ4n) is 2.74. The van der Waals surface area contributed by atoms with Crippen molar-refractivity contribution in [3.05, 3.63) is 88.5 Å². The molecule has 4 nitrogen and oxygen atoms in total. The maximum Gasteiger partial charge on any atom is 0.293 e. The van der Waals surface area contributed by atoms with Crippen LogP contribution in [0.5, 0.6) is 0 Å². The van der Waals surface area contributed by atoms with Gasteiger partial charge in [-0.25, -0.2) is 8.78 Å². The molecule has 0 N–H and O–H groups in total. The molecule has 1 aliphatic rings. The largest absolute Gasteiger partial charge is 0.457 e. The number of furan rings is 1. The van der Waals surface area contributed by atoms with E-state index in [1.165, 1.54) is 42.5 Å². The number of halogens is 2. The molecule has 0 spiro atoms. The molecule has 28 heavy (non-hydrogen) atoms. The molecule has 140 valence electrons. The predicted molar refractivity (Wildman–Crippen MR) is 102 cm³/mol. The molecule has 4 rings (SSSR count). The number of imide groups is 1. The second-order valence-electron chi connectivity index (χ2n) is 6.10. The lowest BCUT2D eigenvalue weighted by atomic mass is 10.2. The zero-order chi connectivity index (χ0) is 19.7. The average Bonchev–Trinajstić information content (AvgIpc) is 3.24. The molecule has 0 bridgehead atoms. The van der Waals surface area contributed by atoms with Crippen molar-refractivity contribution in [1.82, 2.24) is 4.90 Å². The summed E-state index contributed by atoms with van der Waals surface area (Å²) in [5.74, 6) is -0.222. The van der Waals surface area contributed by atoms with Gasteiger partial charge in [0, 0.05) is 11.6 Å². The lowest BCUT2D eigenvalue weighted by Crippen LogP contribution is -2.27. The normalized spacial score (nSPS) is 15.6. The lowest BCUT2D eigenvalue weighted by molar-refractivity contribution is -0.123. The molecule has 0 radical (unpaired) electrons. The van der Waals surface area contributed by atoms with Crippen molar-refractivity contribution in [2.45, 2.75) is 6.54 Å². The summed E-state index contributed by atoms with van der Waals surface area (Å²) in [6.07, 6.45) is 1.50. The SMILES string of the molecule is O=C1S/C(=C\c2ccc(-c3ccc(F)cc3)o2)C(=O)N1Cc1ccc(F)cc1. The molecule has 2 amide bonds. The van der Waals surface area contributed by atoms with E-state index in [0.717, 1.165) is 16.7 Å². The van der Waals surface area contributed by atoms with Crippen LogP contribution in [0.25, 0.3) is 17.4 Å². The Morgan fingerprint density at radius 1 is 0.893 bits per heavy atom. The summed E-state index contributed by atoms with van der Waals surface area (Å²) in [4.78, 5) is 26.1. The standard InChI is InChI=1S/C21H13F2NO3S/c22-15-5-1-13(2-6-15)12-24-20(25)19(28-21(24)26)11-17-9-10-18(27-17)14-3-7-16(23)8-4-14/h1-11H,12H2/b19-11-. The first-order chi connectivity index (χ1) is 13.5. The molecular weight excluding hydrogens is 384 g/mol. The summed E-state index contributed by atoms with van der Waals surface area (Å²) < 4.78 is 31.7. The minimum absolute atomic E-state index is 0.0707. The third-order valence-corrected chi connectivity index (χ3v) is 5.06. The highest BCUT2D eigenvalue weighted by molar-refractivity contribution is 8.18. The molecule has 1 aliphatic heterocycles. The molecule has 3 aromatic rings. The predicted octanol–water partition coefficient (Wildman–Crippen LogP) is 5.46. The third kappa shape index (κ3) is 3.75. The Labute approximate surface area is 163 Å². The van der Waals surface area contributed by atoms with Gasteiger partial charge in [-0.2, -0.15) is 0 Å². The van der Waals surface area contributed by atoms with Crippen molar-refractivity contribution in [1.29, 1.82) is 0 Å². The van der Waals surface area contributed by atoms with Gasteiger partial charge in [0.1, 0.15) is 23.2 Å². The number of carbonyl (C=O) groups is 2. The molecule has 1 saturated heterocycles. The number of amides is 2. The van der Waals surface area contributed by atoms with Gasteiger partial charge in [0.15, 0.2) is 0 Å². The van der Waals surface area contributed by atoms with Gasteiger partial charge in [-0.15, -0.1) is 0 Å². The number of rotatable bonds is 4. The van der Waals surface area contributed by atoms with E-state index in [9.17, 15) is 18.4 Å². The van der Waals surface area contributed by atoms with Crippen LogP contribution < -0.4 is 0 Å². The Balaban J connectivity index is 1.52. The fourth-order valence-corrected chi connectivity index (χ4v) is 3.56. The van der Waals surface area contributed by atoms with Crippen LogP contribution in [0.3, 0.4) is 0 Å². The molecule has 2 heterocycles. The minimum Gasteiger partial charge on any atom is -0.457 e. The zero-order valence-corrected chi connectivity index (χ0v) is 15.2. The average molecular weight is 397 g/mol. The van der Waals surface area contributed by atoms with Crippen LogP contribution in [-0.4, -0.2) is 16.0 Å². The lowest BCUT2D eigenvalue weighted by Gasteiger charge is -2.12. The van der Waals surface area contributed by atoms with E-state index < -0.39 is 11.1 Å². The second-order valence-corrected chi connectivity index (χ2v) is 7.10. The van der Waals surface area contributed by atoms with E-state index in [1.54, 1.807) is 24.3 Å². The maximum atomic E-state index is 13.0. The Morgan fingerprint density at radius 2 is 1.54 bits per heavy atom. The van der Waals surface area contributed by atoms with E-state index in [1.807, 2.05) is 0 Å². The second kappa shape index (κ2) is 7.44. The summed E-state index contributed by atoms with van der Waals surface area (Å²) in [5.41, 5.74) is 1.35. The van der Waals surface area contributed by atoms with E-state index in [0.29, 0.717) is 22.6 Å². The van der Waals surface area contributed by atoms with Gasteiger partial charge in [-0.3, -0.25) is 14.5 Å². The number of hydrogen-bond acceptors (Lipinski definition) is 4. The first-order valence-electron chi connectivity index (χ1n) is 8.35. The van der Waals surface area contributed by atoms with Crippen molar-refractivity contribution in [2.75, 3.05) is 0 Å². The Hall–Kier alpha value is -3.19. The van der Waals surface area contributed by atoms with E-state index in [-0.39, 0.29) is 23.1 Å². The molecule has 1 fully saturated rings. The Bertz CT molecular complexity index is 1070. The number of benzene rings is 2. The summed E-state index contributed by atoms with van der Waals surface area (Å²) in [7, 11) is 0. The van der Waals surface area contributed by atoms with Crippen LogP contribution in [0, 0.1) is 11.6 Å². The van der Waals surface area contributed by atoms with Gasteiger partial charge >= 0.3 is 0 Å². The van der Waals surface area contributed by atoms with Crippen LogP contribution >= 0.6 is 11.8 Å². The van der Waals surface area contributed by atoms with Crippen LogP contribution in [0.1, 0.15) is 11.3 Å². The van der Waals surface area contributed by atoms with Gasteiger partial charge in [-0.1, -0.05) is 12.1 Å². The van der Waals surface area contributed by atoms with Crippen molar-refractivity contribution in [2.24, 2.45) is 0 Å². The summed E-state index contributed by atoms with van der Waals surface area (Å²) >= 11 is 0.821. The molecule has 2 aromatic carbocycles. The number of nitrogens with zero attached hydrogens (tertiary/aromatic N) is 1. The summed E-state index contributed by atoms with van der Waals surface area (Å²) in [6, 6.07) is 14.9. The van der Waals surface area contributed by atoms with Crippen molar-refractivity contribution >= 4 is 29.0 Å². The number of thioether (sulfide) groups is 1. The number of hydrogen-bond donors (Lipinski definition) is 0. The monoisotopic (exact) mass is 397 g/mol. The fraction of sp³-hybridized carbons (Fsp3) is 0.0476. The van der Waals surface area contributed by atoms with Gasteiger partial charge in [0.2, 0.25) is 0 Å². The van der Waals surface area contributed by atoms with Crippen molar-refractivity contribution in [3.8, 4) is 11.3 Å². The highest BCUT2D eigenvalue weighted by Crippen LogP contribution is 2.34. The molecule has 7 heteroatoms. The van der Waals surface area contributed by atoms with Crippen molar-refractivity contribution in [3.63, 3.8) is 0 Å². The summed E-state index contributed by atoms with van der Waals surface area (Å²) in [6.45, 7) is 0.0707. The first kappa shape index (κ1) is 18.2. The van der Waals surface area contributed by atoms with Crippen molar-refractivity contribution < 1.29 is 22.8 Å². The smallest absolute Gasteiger partial charge is 0.293 e. The number of carbonyl (C=O) groups excluding carboxylic acids is 2. The van der Waals surface area contributed by atoms with Crippen LogP contribution in [-0.2, 0) is 11.3 Å². The molecule has 0 unspecified atom stereocenters. The molecule has 0 aliphatic carbocycles. The molecule has 0 saturated carbocycles. The van der Waals surface area contributed by atoms with Gasteiger partial charge < -0.3 is 4.42 Å². The Morgan fingerprint density at radius 3 is 2.21 bits per heavy atom. The first-order valence-corrected chi connectivity index (χ1v) is 9.17. The van der Waals surface area contributed by atoms with Crippen LogP contribution in [0.4, 0.5) is 13.6 Å². The highest BCUT2D eigenvalue weighted by atomic mass is 32.2. The third-order valence-electron chi connectivity index (χ3n) is 4.16. The molecular formula is C21H13F2NO3S. The zero-order valence-electron chi connectivity index (χ0n) is 14.4.